The normalized spacial score (nSPS) is 24.0. The van der Waals surface area contributed by atoms with E-state index in [0.29, 0.717) is 27.7 Å². The molecule has 0 saturated heterocycles. The molecule has 2 aromatic carbocycles. The second-order valence-corrected chi connectivity index (χ2v) is 10.4. The highest BCUT2D eigenvalue weighted by Crippen LogP contribution is 2.48. The number of fused-ring (bicyclic) bond motifs is 4. The number of benzene rings is 2. The number of anilines is 1. The summed E-state index contributed by atoms with van der Waals surface area (Å²) in [6.07, 6.45) is 7.25. The molecule has 0 aliphatic heterocycles. The van der Waals surface area contributed by atoms with Gasteiger partial charge in [-0.15, -0.1) is 0 Å². The molecule has 34 heavy (non-hydrogen) atoms. The molecule has 4 aromatic rings. The molecule has 0 radical (unpaired) electrons. The highest BCUT2D eigenvalue weighted by Gasteiger charge is 2.40. The zero-order valence-corrected chi connectivity index (χ0v) is 19.9. The Kier molecular flexibility index (Phi) is 5.53. The number of aromatic nitrogens is 3. The second kappa shape index (κ2) is 8.70. The van der Waals surface area contributed by atoms with Gasteiger partial charge in [0.1, 0.15) is 11.6 Å². The molecule has 2 heterocycles. The highest BCUT2D eigenvalue weighted by molar-refractivity contribution is 6.31. The Balaban J connectivity index is 1.39. The summed E-state index contributed by atoms with van der Waals surface area (Å²) in [6.45, 7) is 3.34. The van der Waals surface area contributed by atoms with Gasteiger partial charge >= 0.3 is 0 Å². The van der Waals surface area contributed by atoms with Crippen molar-refractivity contribution in [1.29, 1.82) is 0 Å². The second-order valence-electron chi connectivity index (χ2n) is 9.92. The summed E-state index contributed by atoms with van der Waals surface area (Å²) in [6, 6.07) is 15.2. The van der Waals surface area contributed by atoms with Crippen molar-refractivity contribution in [2.45, 2.75) is 32.6 Å². The number of aromatic amines is 1. The summed E-state index contributed by atoms with van der Waals surface area (Å²) in [5, 5.41) is 4.68. The monoisotopic (exact) mass is 474 g/mol. The first-order chi connectivity index (χ1) is 16.6. The third-order valence-corrected chi connectivity index (χ3v) is 8.32. The molecule has 2 N–H and O–H groups in total. The molecule has 3 saturated carbocycles. The van der Waals surface area contributed by atoms with Gasteiger partial charge in [-0.05, 0) is 61.5 Å². The summed E-state index contributed by atoms with van der Waals surface area (Å²) in [5.41, 5.74) is 3.00. The van der Waals surface area contributed by atoms with Crippen LogP contribution in [0.3, 0.4) is 0 Å². The lowest BCUT2D eigenvalue weighted by Gasteiger charge is -2.47. The smallest absolute Gasteiger partial charge is 0.164 e. The fourth-order valence-corrected chi connectivity index (χ4v) is 6.41. The lowest BCUT2D eigenvalue weighted by atomic mass is 9.59. The van der Waals surface area contributed by atoms with Crippen molar-refractivity contribution in [2.75, 3.05) is 11.9 Å². The van der Waals surface area contributed by atoms with Crippen molar-refractivity contribution in [2.24, 2.45) is 23.7 Å². The quantitative estimate of drug-likeness (QED) is 0.313. The Morgan fingerprint density at radius 1 is 1.03 bits per heavy atom. The van der Waals surface area contributed by atoms with Crippen LogP contribution in [0.4, 0.5) is 10.2 Å². The maximum absolute atomic E-state index is 14.5. The zero-order chi connectivity index (χ0) is 23.2. The number of nitrogens with one attached hydrogen (secondary N) is 2. The molecule has 2 aromatic heterocycles. The number of hydrogen-bond acceptors (Lipinski definition) is 3. The molecular weight excluding hydrogens is 447 g/mol. The number of halogens is 2. The lowest BCUT2D eigenvalue weighted by molar-refractivity contribution is 0.0419. The molecule has 2 atom stereocenters. The van der Waals surface area contributed by atoms with Gasteiger partial charge in [0.2, 0.25) is 0 Å². The zero-order valence-electron chi connectivity index (χ0n) is 19.2. The molecule has 2 bridgehead atoms. The van der Waals surface area contributed by atoms with Crippen LogP contribution in [0.15, 0.2) is 54.7 Å². The number of rotatable bonds is 5. The topological polar surface area (TPSA) is 53.6 Å². The van der Waals surface area contributed by atoms with Crippen LogP contribution in [0.2, 0.25) is 5.02 Å². The standard InChI is InChI=1S/C28H28ClFN4/c1-16-17-7-9-18(10-8-17)22(16)14-31-26-13-25(19-5-3-2-4-6-19)33-28(34-26)23-15-32-27-21(23)11-20(29)12-24(27)30/h2-6,11-13,15-18,22,32H,7-10,14H2,1H3,(H,31,33,34)/t16-,17?,18?,22?/m1/s1. The first-order valence-electron chi connectivity index (χ1n) is 12.2. The van der Waals surface area contributed by atoms with Crippen LogP contribution in [0.5, 0.6) is 0 Å². The van der Waals surface area contributed by atoms with Crippen LogP contribution < -0.4 is 5.32 Å². The van der Waals surface area contributed by atoms with Crippen molar-refractivity contribution >= 4 is 28.3 Å². The van der Waals surface area contributed by atoms with E-state index < -0.39 is 0 Å². The van der Waals surface area contributed by atoms with Gasteiger partial charge in [0.15, 0.2) is 5.82 Å². The average molecular weight is 475 g/mol. The fraction of sp³-hybridized carbons (Fsp3) is 0.357. The molecule has 4 nitrogen and oxygen atoms in total. The van der Waals surface area contributed by atoms with Gasteiger partial charge in [-0.1, -0.05) is 48.9 Å². The molecule has 3 aliphatic carbocycles. The first kappa shape index (κ1) is 21.6. The van der Waals surface area contributed by atoms with E-state index in [1.165, 1.54) is 31.7 Å². The summed E-state index contributed by atoms with van der Waals surface area (Å²) in [7, 11) is 0. The molecular formula is C28H28ClFN4. The van der Waals surface area contributed by atoms with Gasteiger partial charge < -0.3 is 10.3 Å². The van der Waals surface area contributed by atoms with Crippen LogP contribution in [0.1, 0.15) is 32.6 Å². The molecule has 0 spiro atoms. The summed E-state index contributed by atoms with van der Waals surface area (Å²) < 4.78 is 14.5. The minimum Gasteiger partial charge on any atom is -0.370 e. The fourth-order valence-electron chi connectivity index (χ4n) is 6.21. The predicted octanol–water partition coefficient (Wildman–Crippen LogP) is 7.57. The third-order valence-electron chi connectivity index (χ3n) is 8.10. The predicted molar refractivity (Wildman–Crippen MR) is 136 cm³/mol. The van der Waals surface area contributed by atoms with Crippen LogP contribution in [-0.2, 0) is 0 Å². The van der Waals surface area contributed by atoms with Crippen LogP contribution in [0.25, 0.3) is 33.5 Å². The minimum absolute atomic E-state index is 0.352. The molecule has 6 heteroatoms. The Morgan fingerprint density at radius 3 is 2.56 bits per heavy atom. The van der Waals surface area contributed by atoms with Gasteiger partial charge in [0, 0.05) is 40.3 Å². The largest absolute Gasteiger partial charge is 0.370 e. The lowest BCUT2D eigenvalue weighted by Crippen LogP contribution is -2.41. The van der Waals surface area contributed by atoms with Gasteiger partial charge in [0.25, 0.3) is 0 Å². The van der Waals surface area contributed by atoms with Gasteiger partial charge in [0.05, 0.1) is 11.2 Å². The van der Waals surface area contributed by atoms with E-state index >= 15 is 0 Å². The molecule has 3 aliphatic rings. The molecule has 174 valence electrons. The minimum atomic E-state index is -0.382. The summed E-state index contributed by atoms with van der Waals surface area (Å²) in [5.74, 6) is 4.06. The average Bonchev–Trinajstić information content (AvgIpc) is 3.29. The van der Waals surface area contributed by atoms with Gasteiger partial charge in [-0.25, -0.2) is 14.4 Å². The Bertz CT molecular complexity index is 1330. The molecule has 1 unspecified atom stereocenters. The van der Waals surface area contributed by atoms with E-state index in [1.807, 2.05) is 36.4 Å². The van der Waals surface area contributed by atoms with Crippen LogP contribution >= 0.6 is 11.6 Å². The highest BCUT2D eigenvalue weighted by atomic mass is 35.5. The number of H-pyrrole nitrogens is 1. The van der Waals surface area contributed by atoms with Crippen molar-refractivity contribution in [1.82, 2.24) is 15.0 Å². The van der Waals surface area contributed by atoms with E-state index in [0.717, 1.165) is 46.9 Å². The Labute approximate surface area is 204 Å². The summed E-state index contributed by atoms with van der Waals surface area (Å²) in [4.78, 5) is 12.8. The van der Waals surface area contributed by atoms with Crippen molar-refractivity contribution in [3.8, 4) is 22.6 Å². The Hall–Kier alpha value is -2.92. The summed E-state index contributed by atoms with van der Waals surface area (Å²) >= 11 is 6.17. The molecule has 3 fully saturated rings. The van der Waals surface area contributed by atoms with Gasteiger partial charge in [-0.2, -0.15) is 0 Å². The number of nitrogens with zero attached hydrogens (tertiary/aromatic N) is 2. The SMILES string of the molecule is C[C@@H]1C2CCC(CC2)C1CNc1cc(-c2ccccc2)nc(-c2c[nH]c3c(F)cc(Cl)cc23)n1. The Morgan fingerprint density at radius 2 is 1.79 bits per heavy atom. The van der Waals surface area contributed by atoms with Crippen LogP contribution in [-0.4, -0.2) is 21.5 Å². The van der Waals surface area contributed by atoms with E-state index in [2.05, 4.69) is 17.2 Å². The van der Waals surface area contributed by atoms with Crippen molar-refractivity contribution in [3.05, 3.63) is 65.6 Å². The number of hydrogen-bond donors (Lipinski definition) is 2. The van der Waals surface area contributed by atoms with E-state index in [9.17, 15) is 4.39 Å². The molecule has 0 amide bonds. The van der Waals surface area contributed by atoms with Gasteiger partial charge in [-0.3, -0.25) is 0 Å². The third kappa shape index (κ3) is 3.86. The maximum atomic E-state index is 14.5. The van der Waals surface area contributed by atoms with Crippen molar-refractivity contribution in [3.63, 3.8) is 0 Å². The van der Waals surface area contributed by atoms with E-state index in [4.69, 9.17) is 21.6 Å². The van der Waals surface area contributed by atoms with E-state index in [1.54, 1.807) is 12.3 Å². The molecule has 7 rings (SSSR count). The maximum Gasteiger partial charge on any atom is 0.164 e. The van der Waals surface area contributed by atoms with E-state index in [-0.39, 0.29) is 5.82 Å². The van der Waals surface area contributed by atoms with Crippen molar-refractivity contribution < 1.29 is 4.39 Å². The first-order valence-corrected chi connectivity index (χ1v) is 12.6. The van der Waals surface area contributed by atoms with Crippen LogP contribution in [0, 0.1) is 29.5 Å².